The number of carbonyl (C=O) groups excluding carboxylic acids is 1. The van der Waals surface area contributed by atoms with Crippen LogP contribution in [-0.2, 0) is 17.8 Å². The van der Waals surface area contributed by atoms with Gasteiger partial charge in [-0.25, -0.2) is 14.7 Å². The zero-order chi connectivity index (χ0) is 19.1. The molecule has 1 amide bonds. The van der Waals surface area contributed by atoms with Crippen molar-refractivity contribution in [2.75, 3.05) is 27.2 Å². The number of unbranched alkanes of at least 4 members (excludes halogenated alkanes) is 1. The van der Waals surface area contributed by atoms with Gasteiger partial charge in [-0.15, -0.1) is 0 Å². The molecule has 1 aliphatic rings. The summed E-state index contributed by atoms with van der Waals surface area (Å²) in [4.78, 5) is 22.5. The molecule has 0 fully saturated rings. The SMILES string of the molecule is CCCCNC(=NCC(=O)N(C)C)NC1CCc2nc(C(C)C)nn2C1. The van der Waals surface area contributed by atoms with E-state index >= 15 is 0 Å². The number of fused-ring (bicyclic) bond motifs is 1. The molecule has 26 heavy (non-hydrogen) atoms. The molecule has 0 aliphatic carbocycles. The van der Waals surface area contributed by atoms with E-state index in [1.54, 1.807) is 19.0 Å². The lowest BCUT2D eigenvalue weighted by Crippen LogP contribution is -2.47. The fourth-order valence-corrected chi connectivity index (χ4v) is 2.71. The van der Waals surface area contributed by atoms with Gasteiger partial charge in [0.15, 0.2) is 11.8 Å². The average molecular weight is 364 g/mol. The predicted molar refractivity (Wildman–Crippen MR) is 103 cm³/mol. The quantitative estimate of drug-likeness (QED) is 0.431. The summed E-state index contributed by atoms with van der Waals surface area (Å²) >= 11 is 0. The summed E-state index contributed by atoms with van der Waals surface area (Å²) in [5.41, 5.74) is 0. The minimum absolute atomic E-state index is 0.00891. The van der Waals surface area contributed by atoms with Gasteiger partial charge in [-0.1, -0.05) is 27.2 Å². The van der Waals surface area contributed by atoms with Gasteiger partial charge in [0, 0.05) is 39.0 Å². The highest BCUT2D eigenvalue weighted by Gasteiger charge is 2.23. The van der Waals surface area contributed by atoms with Crippen molar-refractivity contribution < 1.29 is 4.79 Å². The Kier molecular flexibility index (Phi) is 7.41. The van der Waals surface area contributed by atoms with E-state index in [9.17, 15) is 4.79 Å². The summed E-state index contributed by atoms with van der Waals surface area (Å²) in [6.07, 6.45) is 4.06. The van der Waals surface area contributed by atoms with Gasteiger partial charge in [0.05, 0.1) is 6.54 Å². The van der Waals surface area contributed by atoms with Crippen LogP contribution in [0.3, 0.4) is 0 Å². The van der Waals surface area contributed by atoms with Crippen molar-refractivity contribution in [3.05, 3.63) is 11.6 Å². The molecule has 8 heteroatoms. The lowest BCUT2D eigenvalue weighted by Gasteiger charge is -2.25. The Labute approximate surface area is 156 Å². The van der Waals surface area contributed by atoms with Crippen molar-refractivity contribution in [3.8, 4) is 0 Å². The molecular formula is C18H33N7O. The van der Waals surface area contributed by atoms with Crippen molar-refractivity contribution in [2.24, 2.45) is 4.99 Å². The highest BCUT2D eigenvalue weighted by molar-refractivity contribution is 5.84. The number of likely N-dealkylation sites (N-methyl/N-ethyl adjacent to an activating group) is 1. The largest absolute Gasteiger partial charge is 0.356 e. The second-order valence-electron chi connectivity index (χ2n) is 7.34. The first-order valence-electron chi connectivity index (χ1n) is 9.59. The first-order chi connectivity index (χ1) is 12.4. The van der Waals surface area contributed by atoms with Crippen LogP contribution in [0.4, 0.5) is 0 Å². The fraction of sp³-hybridized carbons (Fsp3) is 0.778. The van der Waals surface area contributed by atoms with Gasteiger partial charge in [0.1, 0.15) is 12.4 Å². The van der Waals surface area contributed by atoms with Gasteiger partial charge in [-0.05, 0) is 12.8 Å². The van der Waals surface area contributed by atoms with Crippen LogP contribution in [0.2, 0.25) is 0 Å². The molecule has 1 atom stereocenters. The van der Waals surface area contributed by atoms with Crippen LogP contribution < -0.4 is 10.6 Å². The number of amides is 1. The Bertz CT molecular complexity index is 621. The molecule has 0 radical (unpaired) electrons. The molecule has 0 bridgehead atoms. The minimum atomic E-state index is -0.00891. The minimum Gasteiger partial charge on any atom is -0.356 e. The van der Waals surface area contributed by atoms with E-state index in [2.05, 4.69) is 46.5 Å². The standard InChI is InChI=1S/C18H33N7O/c1-6-7-10-19-18(20-11-16(26)24(4)5)21-14-8-9-15-22-17(13(2)3)23-25(15)12-14/h13-14H,6-12H2,1-5H3,(H2,19,20,21). The second kappa shape index (κ2) is 9.54. The third-order valence-electron chi connectivity index (χ3n) is 4.43. The number of nitrogens with one attached hydrogen (secondary N) is 2. The summed E-state index contributed by atoms with van der Waals surface area (Å²) in [7, 11) is 3.49. The number of rotatable bonds is 7. The Balaban J connectivity index is 2.00. The lowest BCUT2D eigenvalue weighted by atomic mass is 10.1. The van der Waals surface area contributed by atoms with Crippen LogP contribution in [0, 0.1) is 0 Å². The summed E-state index contributed by atoms with van der Waals surface area (Å²) in [5, 5.41) is 11.4. The molecule has 2 N–H and O–H groups in total. The zero-order valence-corrected chi connectivity index (χ0v) is 16.7. The molecule has 1 aromatic rings. The van der Waals surface area contributed by atoms with Crippen molar-refractivity contribution in [2.45, 2.75) is 65.0 Å². The number of aromatic nitrogens is 3. The van der Waals surface area contributed by atoms with Gasteiger partial charge < -0.3 is 15.5 Å². The maximum Gasteiger partial charge on any atom is 0.243 e. The van der Waals surface area contributed by atoms with Gasteiger partial charge in [-0.3, -0.25) is 4.79 Å². The summed E-state index contributed by atoms with van der Waals surface area (Å²) < 4.78 is 2.01. The fourth-order valence-electron chi connectivity index (χ4n) is 2.71. The summed E-state index contributed by atoms with van der Waals surface area (Å²) in [6.45, 7) is 8.14. The molecule has 2 rings (SSSR count). The second-order valence-corrected chi connectivity index (χ2v) is 7.34. The average Bonchev–Trinajstić information content (AvgIpc) is 3.03. The lowest BCUT2D eigenvalue weighted by molar-refractivity contribution is -0.127. The first-order valence-corrected chi connectivity index (χ1v) is 9.59. The molecule has 146 valence electrons. The van der Waals surface area contributed by atoms with Crippen LogP contribution >= 0.6 is 0 Å². The van der Waals surface area contributed by atoms with E-state index in [1.807, 2.05) is 4.68 Å². The molecule has 2 heterocycles. The van der Waals surface area contributed by atoms with Crippen LogP contribution in [-0.4, -0.2) is 64.8 Å². The Morgan fingerprint density at radius 1 is 1.42 bits per heavy atom. The van der Waals surface area contributed by atoms with E-state index in [0.29, 0.717) is 11.9 Å². The van der Waals surface area contributed by atoms with E-state index in [-0.39, 0.29) is 18.5 Å². The number of nitrogens with zero attached hydrogens (tertiary/aromatic N) is 5. The monoisotopic (exact) mass is 363 g/mol. The van der Waals surface area contributed by atoms with Gasteiger partial charge in [0.2, 0.25) is 5.91 Å². The molecule has 1 aromatic heterocycles. The molecule has 0 saturated heterocycles. The highest BCUT2D eigenvalue weighted by atomic mass is 16.2. The van der Waals surface area contributed by atoms with Crippen LogP contribution in [0.5, 0.6) is 0 Å². The molecule has 0 saturated carbocycles. The van der Waals surface area contributed by atoms with Crippen molar-refractivity contribution in [1.82, 2.24) is 30.3 Å². The number of hydrogen-bond donors (Lipinski definition) is 2. The maximum absolute atomic E-state index is 11.8. The first kappa shape index (κ1) is 20.2. The molecule has 8 nitrogen and oxygen atoms in total. The topological polar surface area (TPSA) is 87.4 Å². The van der Waals surface area contributed by atoms with E-state index in [4.69, 9.17) is 0 Å². The smallest absolute Gasteiger partial charge is 0.243 e. The number of aryl methyl sites for hydroxylation is 1. The van der Waals surface area contributed by atoms with Gasteiger partial charge >= 0.3 is 0 Å². The van der Waals surface area contributed by atoms with E-state index in [0.717, 1.165) is 50.4 Å². The Hall–Kier alpha value is -2.12. The normalized spacial score (nSPS) is 17.2. The van der Waals surface area contributed by atoms with Gasteiger partial charge in [-0.2, -0.15) is 5.10 Å². The summed E-state index contributed by atoms with van der Waals surface area (Å²) in [5.74, 6) is 3.00. The van der Waals surface area contributed by atoms with Crippen LogP contribution in [0.15, 0.2) is 4.99 Å². The predicted octanol–water partition coefficient (Wildman–Crippen LogP) is 1.14. The third kappa shape index (κ3) is 5.71. The Morgan fingerprint density at radius 2 is 2.19 bits per heavy atom. The molecule has 1 aliphatic heterocycles. The van der Waals surface area contributed by atoms with Gasteiger partial charge in [0.25, 0.3) is 0 Å². The molecule has 0 spiro atoms. The Morgan fingerprint density at radius 3 is 2.85 bits per heavy atom. The maximum atomic E-state index is 11.8. The molecular weight excluding hydrogens is 330 g/mol. The zero-order valence-electron chi connectivity index (χ0n) is 16.7. The van der Waals surface area contributed by atoms with Crippen molar-refractivity contribution in [1.29, 1.82) is 0 Å². The third-order valence-corrected chi connectivity index (χ3v) is 4.43. The van der Waals surface area contributed by atoms with Crippen molar-refractivity contribution >= 4 is 11.9 Å². The molecule has 0 aromatic carbocycles. The number of carbonyl (C=O) groups is 1. The number of guanidine groups is 1. The number of aliphatic imine (C=N–C) groups is 1. The highest BCUT2D eigenvalue weighted by Crippen LogP contribution is 2.16. The number of hydrogen-bond acceptors (Lipinski definition) is 4. The van der Waals surface area contributed by atoms with Crippen LogP contribution in [0.1, 0.15) is 57.6 Å². The van der Waals surface area contributed by atoms with E-state index in [1.165, 1.54) is 0 Å². The van der Waals surface area contributed by atoms with Crippen molar-refractivity contribution in [3.63, 3.8) is 0 Å². The van der Waals surface area contributed by atoms with Crippen LogP contribution in [0.25, 0.3) is 0 Å². The molecule has 1 unspecified atom stereocenters. The summed E-state index contributed by atoms with van der Waals surface area (Å²) in [6, 6.07) is 0.228. The van der Waals surface area contributed by atoms with E-state index < -0.39 is 0 Å².